The van der Waals surface area contributed by atoms with Crippen LogP contribution in [0.25, 0.3) is 0 Å². The van der Waals surface area contributed by atoms with Crippen LogP contribution < -0.4 is 115 Å². The SMILES string of the molecule is CC[C@H](C)[C@H](NC(=O)[C@H](CO)NC(=O)[C@H](CC(C)C)NC(=O)[C@@H](NC(=O)[C@@H](N)CCCN=C(N)N)[C@@H](C)CC)C(=O)N[C@@H](CC(C)C)C(=O)N[C@@H](CCCN=C(N)N)C(=O)N[C@@H](Cc1cnc[nH]1)C(=O)N[C@@H](CCC(N)=O)C(=O)N[C@@H](CC(N)=O)C(=O)N[C@@H](CC(C)C)C(=O)N[C@@H](CC(C)C)C(=O)N[C@@H](CCCCN)C(=O)N[C@@H](CCC(=O)O)C(=O)O. The average molecular weight is 1730 g/mol. The number of amides is 15. The first kappa shape index (κ1) is 109. The summed E-state index contributed by atoms with van der Waals surface area (Å²) in [5.74, 6) is -20.5. The standard InChI is InChI=1S/C77H137N25O20/c1-13-42(11)60(101-62(108)45(79)19-17-27-87-76(82)83)73(119)99-53(32-41(9)10)69(115)100-56(36-103)72(118)102-61(43(12)14-2)74(120)98-52(31-40(7)8)67(113)91-47(21-18-28-88-77(84)85)64(110)96-54(33-44-35-86-37-89-44)70(116)92-48(22-24-57(80)104)65(111)97-55(34-58(81)105)71(117)95-51(30-39(5)6)68(114)94-50(29-38(3)4)66(112)90-46(20-15-16-26-78)63(109)93-49(75(121)122)23-25-59(106)107/h35,37-43,45-56,60-61,103H,13-34,36,78-79H2,1-12H3,(H2,80,104)(H2,81,105)(H,86,89)(H,90,112)(H,91,113)(H,92,116)(H,93,109)(H,94,114)(H,95,117)(H,96,110)(H,97,111)(H,98,120)(H,99,119)(H,100,115)(H,101,108)(H,102,118)(H,106,107)(H,121,122)(H4,82,83,87)(H4,84,85,88)/t42-,43-,45-,46-,47-,48-,49-,50-,51-,52-,53-,54-,55-,56-,60-,61-/m0/s1. The van der Waals surface area contributed by atoms with Crippen molar-refractivity contribution in [1.29, 1.82) is 0 Å². The molecule has 45 heteroatoms. The Morgan fingerprint density at radius 1 is 0.393 bits per heavy atom. The number of H-pyrrole nitrogens is 1. The Balaban J connectivity index is 3.81. The van der Waals surface area contributed by atoms with Gasteiger partial charge in [-0.05, 0) is 126 Å². The highest BCUT2D eigenvalue weighted by Crippen LogP contribution is 2.18. The number of aliphatic imine (C=N–C) groups is 2. The number of aliphatic carboxylic acids is 2. The summed E-state index contributed by atoms with van der Waals surface area (Å²) in [5, 5.41) is 62.7. The molecule has 0 spiro atoms. The molecule has 33 N–H and O–H groups in total. The van der Waals surface area contributed by atoms with Gasteiger partial charge in [0, 0.05) is 44.2 Å². The van der Waals surface area contributed by atoms with Crippen molar-refractivity contribution in [2.45, 2.75) is 290 Å². The molecule has 1 heterocycles. The second-order valence-electron chi connectivity index (χ2n) is 32.1. The van der Waals surface area contributed by atoms with Gasteiger partial charge in [0.15, 0.2) is 11.9 Å². The Kier molecular flexibility index (Phi) is 50.8. The number of hydrogen-bond acceptors (Lipinski definition) is 23. The molecule has 16 atom stereocenters. The molecule has 0 aromatic carbocycles. The van der Waals surface area contributed by atoms with Gasteiger partial charge in [-0.25, -0.2) is 9.78 Å². The first-order valence-corrected chi connectivity index (χ1v) is 41.3. The molecule has 45 nitrogen and oxygen atoms in total. The van der Waals surface area contributed by atoms with Gasteiger partial charge in [0.25, 0.3) is 0 Å². The lowest BCUT2D eigenvalue weighted by Gasteiger charge is -2.30. The number of aliphatic hydroxyl groups excluding tert-OH is 1. The van der Waals surface area contributed by atoms with Crippen molar-refractivity contribution in [3.63, 3.8) is 0 Å². The molecule has 0 bridgehead atoms. The van der Waals surface area contributed by atoms with E-state index in [4.69, 9.17) is 45.9 Å². The van der Waals surface area contributed by atoms with E-state index < -0.39 is 242 Å². The summed E-state index contributed by atoms with van der Waals surface area (Å²) >= 11 is 0. The summed E-state index contributed by atoms with van der Waals surface area (Å²) < 4.78 is 0. The lowest BCUT2D eigenvalue weighted by Crippen LogP contribution is -2.62. The van der Waals surface area contributed by atoms with Crippen molar-refractivity contribution >= 4 is 112 Å². The maximum absolute atomic E-state index is 14.9. The fourth-order valence-corrected chi connectivity index (χ4v) is 12.4. The van der Waals surface area contributed by atoms with E-state index in [1.807, 2.05) is 0 Å². The van der Waals surface area contributed by atoms with Crippen LogP contribution in [0, 0.1) is 35.5 Å². The number of rotatable bonds is 62. The molecule has 15 amide bonds. The van der Waals surface area contributed by atoms with E-state index >= 15 is 0 Å². The number of imidazole rings is 1. The van der Waals surface area contributed by atoms with E-state index in [1.165, 1.54) is 12.5 Å². The van der Waals surface area contributed by atoms with E-state index in [-0.39, 0.29) is 125 Å². The summed E-state index contributed by atoms with van der Waals surface area (Å²) in [6, 6.07) is -21.3. The number of nitrogens with zero attached hydrogens (tertiary/aromatic N) is 3. The van der Waals surface area contributed by atoms with Crippen molar-refractivity contribution in [3.05, 3.63) is 18.2 Å². The molecule has 0 fully saturated rings. The van der Waals surface area contributed by atoms with E-state index in [0.717, 1.165) is 0 Å². The minimum Gasteiger partial charge on any atom is -0.481 e. The fraction of sp³-hybridized carbons (Fsp3) is 0.714. The van der Waals surface area contributed by atoms with Crippen LogP contribution in [0.5, 0.6) is 0 Å². The number of nitrogens with one attached hydrogen (secondary N) is 14. The molecule has 122 heavy (non-hydrogen) atoms. The van der Waals surface area contributed by atoms with Gasteiger partial charge in [0.05, 0.1) is 25.4 Å². The Bertz CT molecular complexity index is 3650. The molecular formula is C77H137N25O20. The second kappa shape index (κ2) is 57.0. The lowest BCUT2D eigenvalue weighted by atomic mass is 9.96. The van der Waals surface area contributed by atoms with Crippen molar-refractivity contribution in [1.82, 2.24) is 79.1 Å². The number of carbonyl (C=O) groups excluding carboxylic acids is 15. The number of carboxylic acid groups (broad SMARTS) is 2. The second-order valence-corrected chi connectivity index (χ2v) is 32.1. The monoisotopic (exact) mass is 1730 g/mol. The Labute approximate surface area is 711 Å². The summed E-state index contributed by atoms with van der Waals surface area (Å²) in [4.78, 5) is 249. The summed E-state index contributed by atoms with van der Waals surface area (Å²) in [7, 11) is 0. The van der Waals surface area contributed by atoms with Crippen LogP contribution in [0.1, 0.15) is 204 Å². The van der Waals surface area contributed by atoms with E-state index in [0.29, 0.717) is 19.3 Å². The van der Waals surface area contributed by atoms with Gasteiger partial charge in [0.1, 0.15) is 78.5 Å². The first-order chi connectivity index (χ1) is 57.2. The van der Waals surface area contributed by atoms with Gasteiger partial charge in [-0.1, -0.05) is 95.9 Å². The molecule has 0 aliphatic carbocycles. The zero-order valence-electron chi connectivity index (χ0n) is 72.2. The zero-order valence-corrected chi connectivity index (χ0v) is 72.2. The van der Waals surface area contributed by atoms with Crippen molar-refractivity contribution < 1.29 is 96.8 Å². The predicted octanol–water partition coefficient (Wildman–Crippen LogP) is -5.82. The zero-order chi connectivity index (χ0) is 92.8. The highest BCUT2D eigenvalue weighted by molar-refractivity contribution is 6.01. The Hall–Kier alpha value is -11.4. The van der Waals surface area contributed by atoms with Gasteiger partial charge in [-0.15, -0.1) is 0 Å². The normalized spacial score (nSPS) is 15.2. The number of aliphatic hydroxyl groups is 1. The van der Waals surface area contributed by atoms with E-state index in [1.54, 1.807) is 83.1 Å². The molecule has 1 aromatic heterocycles. The summed E-state index contributed by atoms with van der Waals surface area (Å²) in [5.41, 5.74) is 45.3. The minimum absolute atomic E-state index is 0.00735. The molecule has 0 aliphatic rings. The van der Waals surface area contributed by atoms with Gasteiger partial charge < -0.3 is 135 Å². The average Bonchev–Trinajstić information content (AvgIpc) is 0.970. The van der Waals surface area contributed by atoms with Crippen molar-refractivity contribution in [3.8, 4) is 0 Å². The van der Waals surface area contributed by atoms with E-state index in [9.17, 15) is 96.8 Å². The number of carbonyl (C=O) groups is 17. The number of primary amides is 2. The number of carboxylic acids is 2. The maximum atomic E-state index is 14.9. The van der Waals surface area contributed by atoms with Crippen molar-refractivity contribution in [2.75, 3.05) is 26.2 Å². The topological polar surface area (TPSA) is 769 Å². The predicted molar refractivity (Wildman–Crippen MR) is 449 cm³/mol. The Morgan fingerprint density at radius 2 is 0.730 bits per heavy atom. The molecule has 0 saturated carbocycles. The molecule has 0 saturated heterocycles. The number of aromatic nitrogens is 2. The van der Waals surface area contributed by atoms with Crippen LogP contribution in [0.3, 0.4) is 0 Å². The molecule has 1 rings (SSSR count). The largest absolute Gasteiger partial charge is 0.481 e. The van der Waals surface area contributed by atoms with Gasteiger partial charge >= 0.3 is 11.9 Å². The molecule has 1 aromatic rings. The molecule has 690 valence electrons. The van der Waals surface area contributed by atoms with E-state index in [2.05, 4.69) is 89.1 Å². The highest BCUT2D eigenvalue weighted by Gasteiger charge is 2.40. The van der Waals surface area contributed by atoms with Gasteiger partial charge in [0.2, 0.25) is 88.6 Å². The minimum atomic E-state index is -1.93. The summed E-state index contributed by atoms with van der Waals surface area (Å²) in [6.45, 7) is 19.9. The number of aromatic amines is 1. The fourth-order valence-electron chi connectivity index (χ4n) is 12.4. The molecule has 0 radical (unpaired) electrons. The molecular weight excluding hydrogens is 1600 g/mol. The van der Waals surface area contributed by atoms with Crippen LogP contribution in [0.15, 0.2) is 22.5 Å². The van der Waals surface area contributed by atoms with Crippen LogP contribution in [0.2, 0.25) is 0 Å². The molecule has 0 aliphatic heterocycles. The first-order valence-electron chi connectivity index (χ1n) is 41.3. The van der Waals surface area contributed by atoms with Crippen LogP contribution in [-0.4, -0.2) is 249 Å². The smallest absolute Gasteiger partial charge is 0.326 e. The van der Waals surface area contributed by atoms with Crippen LogP contribution in [0.4, 0.5) is 0 Å². The van der Waals surface area contributed by atoms with Crippen LogP contribution in [-0.2, 0) is 87.9 Å². The third kappa shape index (κ3) is 43.2. The maximum Gasteiger partial charge on any atom is 0.326 e. The number of hydrogen-bond donors (Lipinski definition) is 25. The number of guanidine groups is 2. The highest BCUT2D eigenvalue weighted by atomic mass is 16.4. The lowest BCUT2D eigenvalue weighted by molar-refractivity contribution is -0.143. The Morgan fingerprint density at radius 3 is 1.10 bits per heavy atom. The van der Waals surface area contributed by atoms with Gasteiger partial charge in [-0.2, -0.15) is 0 Å². The number of unbranched alkanes of at least 4 members (excludes halogenated alkanes) is 1. The quantitative estimate of drug-likeness (QED) is 0.0164. The third-order valence-electron chi connectivity index (χ3n) is 19.4. The number of nitrogens with two attached hydrogens (primary N) is 8. The van der Waals surface area contributed by atoms with Crippen LogP contribution >= 0.6 is 0 Å². The summed E-state index contributed by atoms with van der Waals surface area (Å²) in [6.07, 6.45) is 0.152. The molecule has 0 unspecified atom stereocenters. The third-order valence-corrected chi connectivity index (χ3v) is 19.4. The van der Waals surface area contributed by atoms with Gasteiger partial charge in [-0.3, -0.25) is 86.7 Å². The van der Waals surface area contributed by atoms with Crippen molar-refractivity contribution in [2.24, 2.45) is 91.4 Å².